The van der Waals surface area contributed by atoms with Crippen molar-refractivity contribution in [2.45, 2.75) is 17.8 Å². The van der Waals surface area contributed by atoms with Crippen LogP contribution in [0.1, 0.15) is 0 Å². The van der Waals surface area contributed by atoms with E-state index in [2.05, 4.69) is 56.7 Å². The predicted molar refractivity (Wildman–Crippen MR) is 60.6 cm³/mol. The third-order valence-electron chi connectivity index (χ3n) is 3.52. The van der Waals surface area contributed by atoms with E-state index >= 15 is 0 Å². The fourth-order valence-corrected chi connectivity index (χ4v) is 5.77. The van der Waals surface area contributed by atoms with Crippen LogP contribution in [0.25, 0.3) is 0 Å². The molecule has 4 heteroatoms. The summed E-state index contributed by atoms with van der Waals surface area (Å²) in [4.78, 5) is 4.75. The summed E-state index contributed by atoms with van der Waals surface area (Å²) in [5.74, 6) is 0. The minimum atomic E-state index is -0.561. The topological polar surface area (TPSA) is 9.72 Å². The maximum absolute atomic E-state index is 2.46. The molecular weight excluding hydrogens is 178 g/mol. The smallest absolute Gasteiger partial charge is 0.117 e. The van der Waals surface area contributed by atoms with Crippen LogP contribution in [0.3, 0.4) is 0 Å². The number of hydrogen-bond donors (Lipinski definition) is 0. The first-order chi connectivity index (χ1) is 5.90. The molecule has 0 aliphatic carbocycles. The van der Waals surface area contributed by atoms with Gasteiger partial charge in [-0.1, -0.05) is 0 Å². The molecule has 78 valence electrons. The highest BCUT2D eigenvalue weighted by Gasteiger charge is 2.49. The maximum atomic E-state index is 2.46. The average Bonchev–Trinajstić information content (AvgIpc) is 1.80. The molecule has 0 aromatic rings. The molecule has 0 aromatic carbocycles. The van der Waals surface area contributed by atoms with E-state index in [1.165, 1.54) is 12.1 Å². The molecule has 13 heavy (non-hydrogen) atoms. The second-order valence-electron chi connectivity index (χ2n) is 4.80. The van der Waals surface area contributed by atoms with Crippen molar-refractivity contribution in [3.8, 4) is 0 Å². The van der Waals surface area contributed by atoms with E-state index in [1.807, 2.05) is 0 Å². The molecular formula is C9H23N3Si. The summed E-state index contributed by atoms with van der Waals surface area (Å²) < 4.78 is 2.46. The van der Waals surface area contributed by atoms with Gasteiger partial charge in [-0.2, -0.15) is 0 Å². The zero-order valence-electron chi connectivity index (χ0n) is 9.83. The van der Waals surface area contributed by atoms with Crippen molar-refractivity contribution in [3.05, 3.63) is 0 Å². The van der Waals surface area contributed by atoms with E-state index in [0.29, 0.717) is 5.66 Å². The van der Waals surface area contributed by atoms with Crippen molar-refractivity contribution >= 4 is 8.96 Å². The standard InChI is InChI=1S/C9H23N3Si/c1-10(2)9(11(3)4)7-13(8-9)12(5)6/h13H,7-8H2,1-6H3. The van der Waals surface area contributed by atoms with E-state index in [9.17, 15) is 0 Å². The van der Waals surface area contributed by atoms with Crippen LogP contribution in [0.4, 0.5) is 0 Å². The van der Waals surface area contributed by atoms with E-state index < -0.39 is 8.96 Å². The molecule has 0 amide bonds. The third kappa shape index (κ3) is 1.81. The lowest BCUT2D eigenvalue weighted by molar-refractivity contribution is 0.0173. The summed E-state index contributed by atoms with van der Waals surface area (Å²) in [6.45, 7) is 0. The van der Waals surface area contributed by atoms with Gasteiger partial charge in [-0.3, -0.25) is 9.80 Å². The Hall–Kier alpha value is 0.0969. The van der Waals surface area contributed by atoms with Gasteiger partial charge in [-0.05, 0) is 54.4 Å². The Morgan fingerprint density at radius 3 is 1.46 bits per heavy atom. The summed E-state index contributed by atoms with van der Waals surface area (Å²) >= 11 is 0. The van der Waals surface area contributed by atoms with Gasteiger partial charge in [0.25, 0.3) is 0 Å². The highest BCUT2D eigenvalue weighted by molar-refractivity contribution is 6.60. The van der Waals surface area contributed by atoms with Gasteiger partial charge in [0.05, 0.1) is 5.66 Å². The van der Waals surface area contributed by atoms with Crippen LogP contribution in [0.2, 0.25) is 12.1 Å². The molecule has 1 rings (SSSR count). The highest BCUT2D eigenvalue weighted by Crippen LogP contribution is 2.39. The molecule has 0 spiro atoms. The van der Waals surface area contributed by atoms with E-state index in [1.54, 1.807) is 0 Å². The monoisotopic (exact) mass is 201 g/mol. The molecule has 0 aromatic heterocycles. The minimum absolute atomic E-state index is 0.362. The molecule has 1 fully saturated rings. The quantitative estimate of drug-likeness (QED) is 0.474. The lowest BCUT2D eigenvalue weighted by atomic mass is 10.1. The highest BCUT2D eigenvalue weighted by atomic mass is 28.3. The molecule has 0 radical (unpaired) electrons. The third-order valence-corrected chi connectivity index (χ3v) is 7.23. The molecule has 0 unspecified atom stereocenters. The molecule has 0 atom stereocenters. The molecule has 1 aliphatic rings. The summed E-state index contributed by atoms with van der Waals surface area (Å²) in [7, 11) is 12.7. The number of nitrogens with zero attached hydrogens (tertiary/aromatic N) is 3. The van der Waals surface area contributed by atoms with Crippen molar-refractivity contribution in [1.29, 1.82) is 0 Å². The Morgan fingerprint density at radius 1 is 0.846 bits per heavy atom. The first kappa shape index (κ1) is 11.2. The first-order valence-electron chi connectivity index (χ1n) is 4.91. The SMILES string of the molecule is CN(C)[SiH]1CC(N(C)C)(N(C)C)C1. The van der Waals surface area contributed by atoms with E-state index in [4.69, 9.17) is 0 Å². The molecule has 3 nitrogen and oxygen atoms in total. The van der Waals surface area contributed by atoms with Crippen LogP contribution in [0, 0.1) is 0 Å². The largest absolute Gasteiger partial charge is 0.331 e. The van der Waals surface area contributed by atoms with Crippen molar-refractivity contribution in [2.24, 2.45) is 0 Å². The summed E-state index contributed by atoms with van der Waals surface area (Å²) in [6.07, 6.45) is 0. The summed E-state index contributed by atoms with van der Waals surface area (Å²) in [5, 5.41) is 0. The molecule has 1 heterocycles. The Labute approximate surface area is 84.0 Å². The van der Waals surface area contributed by atoms with E-state index in [0.717, 1.165) is 0 Å². The molecule has 0 bridgehead atoms. The predicted octanol–water partition coefficient (Wildman–Crippen LogP) is 0.105. The van der Waals surface area contributed by atoms with Gasteiger partial charge in [0.1, 0.15) is 8.96 Å². The van der Waals surface area contributed by atoms with Crippen molar-refractivity contribution < 1.29 is 0 Å². The summed E-state index contributed by atoms with van der Waals surface area (Å²) in [6, 6.07) is 2.78. The second-order valence-corrected chi connectivity index (χ2v) is 7.95. The van der Waals surface area contributed by atoms with Crippen LogP contribution in [-0.2, 0) is 0 Å². The van der Waals surface area contributed by atoms with Gasteiger partial charge in [0.15, 0.2) is 0 Å². The molecule has 0 saturated carbocycles. The fraction of sp³-hybridized carbons (Fsp3) is 1.00. The van der Waals surface area contributed by atoms with Crippen LogP contribution in [-0.4, -0.2) is 71.3 Å². The van der Waals surface area contributed by atoms with Crippen molar-refractivity contribution in [1.82, 2.24) is 14.4 Å². The maximum Gasteiger partial charge on any atom is 0.117 e. The summed E-state index contributed by atoms with van der Waals surface area (Å²) in [5.41, 5.74) is 0.362. The fourth-order valence-electron chi connectivity index (χ4n) is 2.19. The average molecular weight is 201 g/mol. The van der Waals surface area contributed by atoms with Crippen LogP contribution in [0.15, 0.2) is 0 Å². The minimum Gasteiger partial charge on any atom is -0.331 e. The van der Waals surface area contributed by atoms with Gasteiger partial charge >= 0.3 is 0 Å². The van der Waals surface area contributed by atoms with Crippen LogP contribution < -0.4 is 0 Å². The Morgan fingerprint density at radius 2 is 1.23 bits per heavy atom. The zero-order valence-corrected chi connectivity index (χ0v) is 11.0. The van der Waals surface area contributed by atoms with Gasteiger partial charge in [-0.15, -0.1) is 0 Å². The van der Waals surface area contributed by atoms with Gasteiger partial charge in [0, 0.05) is 0 Å². The Bertz CT molecular complexity index is 164. The van der Waals surface area contributed by atoms with Crippen molar-refractivity contribution in [3.63, 3.8) is 0 Å². The number of rotatable bonds is 3. The van der Waals surface area contributed by atoms with Crippen LogP contribution >= 0.6 is 0 Å². The second kappa shape index (κ2) is 3.69. The van der Waals surface area contributed by atoms with E-state index in [-0.39, 0.29) is 0 Å². The lowest BCUT2D eigenvalue weighted by Gasteiger charge is -2.56. The van der Waals surface area contributed by atoms with Gasteiger partial charge in [0.2, 0.25) is 0 Å². The van der Waals surface area contributed by atoms with Gasteiger partial charge in [-0.25, -0.2) is 0 Å². The van der Waals surface area contributed by atoms with Crippen molar-refractivity contribution in [2.75, 3.05) is 42.3 Å². The molecule has 0 N–H and O–H groups in total. The number of hydrogen-bond acceptors (Lipinski definition) is 3. The lowest BCUT2D eigenvalue weighted by Crippen LogP contribution is -2.68. The normalized spacial score (nSPS) is 22.8. The Balaban J connectivity index is 2.58. The Kier molecular flexibility index (Phi) is 3.17. The van der Waals surface area contributed by atoms with Gasteiger partial charge < -0.3 is 4.57 Å². The molecule has 1 saturated heterocycles. The van der Waals surface area contributed by atoms with Crippen LogP contribution in [0.5, 0.6) is 0 Å². The molecule has 1 aliphatic heterocycles. The zero-order chi connectivity index (χ0) is 10.2. The first-order valence-corrected chi connectivity index (χ1v) is 7.06.